The Morgan fingerprint density at radius 2 is 2.14 bits per heavy atom. The van der Waals surface area contributed by atoms with E-state index >= 15 is 0 Å². The number of fused-ring (bicyclic) bond motifs is 1. The Labute approximate surface area is 171 Å². The molecule has 4 aromatic rings. The van der Waals surface area contributed by atoms with Crippen LogP contribution in [0.1, 0.15) is 22.2 Å². The zero-order chi connectivity index (χ0) is 20.2. The molecule has 0 saturated heterocycles. The predicted molar refractivity (Wildman–Crippen MR) is 112 cm³/mol. The predicted octanol–water partition coefficient (Wildman–Crippen LogP) is 4.70. The number of carbonyl (C=O) groups is 1. The Balaban J connectivity index is 1.45. The van der Waals surface area contributed by atoms with Gasteiger partial charge in [0.05, 0.1) is 23.4 Å². The highest BCUT2D eigenvalue weighted by molar-refractivity contribution is 7.17. The fourth-order valence-electron chi connectivity index (χ4n) is 3.01. The van der Waals surface area contributed by atoms with Gasteiger partial charge in [0.25, 0.3) is 0 Å². The zero-order valence-corrected chi connectivity index (χ0v) is 16.5. The molecule has 0 fully saturated rings. The number of hydrogen-bond acceptors (Lipinski definition) is 7. The van der Waals surface area contributed by atoms with Gasteiger partial charge in [-0.25, -0.2) is 14.8 Å². The number of anilines is 1. The summed E-state index contributed by atoms with van der Waals surface area (Å²) in [7, 11) is 0. The number of furan rings is 1. The Morgan fingerprint density at radius 1 is 1.24 bits per heavy atom. The van der Waals surface area contributed by atoms with Crippen molar-refractivity contribution < 1.29 is 19.1 Å². The summed E-state index contributed by atoms with van der Waals surface area (Å²) in [6, 6.07) is 11.6. The van der Waals surface area contributed by atoms with Crippen molar-refractivity contribution in [1.29, 1.82) is 0 Å². The number of nitrogens with zero attached hydrogens (tertiary/aromatic N) is 2. The topological polar surface area (TPSA) is 97.5 Å². The number of ether oxygens (including phenoxy) is 1. The van der Waals surface area contributed by atoms with Gasteiger partial charge < -0.3 is 19.6 Å². The molecule has 148 valence electrons. The van der Waals surface area contributed by atoms with E-state index in [0.717, 1.165) is 33.6 Å². The van der Waals surface area contributed by atoms with Gasteiger partial charge in [-0.3, -0.25) is 0 Å². The quantitative estimate of drug-likeness (QED) is 0.435. The molecule has 7 nitrogen and oxygen atoms in total. The van der Waals surface area contributed by atoms with Crippen LogP contribution in [0.5, 0.6) is 5.75 Å². The second kappa shape index (κ2) is 8.32. The van der Waals surface area contributed by atoms with E-state index in [4.69, 9.17) is 9.15 Å². The Hall–Kier alpha value is -3.39. The van der Waals surface area contributed by atoms with Gasteiger partial charge in [-0.2, -0.15) is 0 Å². The number of hydrogen-bond donors (Lipinski definition) is 2. The number of carboxylic acid groups (broad SMARTS) is 1. The molecule has 0 amide bonds. The lowest BCUT2D eigenvalue weighted by Gasteiger charge is -2.06. The van der Waals surface area contributed by atoms with Gasteiger partial charge in [-0.05, 0) is 37.1 Å². The van der Waals surface area contributed by atoms with E-state index in [-0.39, 0.29) is 4.88 Å². The normalized spacial score (nSPS) is 10.9. The number of aromatic nitrogens is 2. The summed E-state index contributed by atoms with van der Waals surface area (Å²) in [4.78, 5) is 20.9. The number of nitrogens with one attached hydrogen (secondary N) is 1. The smallest absolute Gasteiger partial charge is 0.349 e. The highest BCUT2D eigenvalue weighted by atomic mass is 32.1. The largest absolute Gasteiger partial charge is 0.492 e. The highest BCUT2D eigenvalue weighted by Crippen LogP contribution is 2.36. The van der Waals surface area contributed by atoms with E-state index < -0.39 is 5.97 Å². The van der Waals surface area contributed by atoms with Crippen LogP contribution in [0.3, 0.4) is 0 Å². The van der Waals surface area contributed by atoms with E-state index in [2.05, 4.69) is 21.4 Å². The maximum Gasteiger partial charge on any atom is 0.349 e. The van der Waals surface area contributed by atoms with Crippen LogP contribution >= 0.6 is 11.3 Å². The number of thiophene rings is 1. The van der Waals surface area contributed by atoms with Crippen molar-refractivity contribution in [2.24, 2.45) is 0 Å². The lowest BCUT2D eigenvalue weighted by molar-refractivity contribution is 0.0698. The SMILES string of the molecule is CCOc1cc(-c2cc(NCCc3ccc4occc4c3)ncn2)sc1C(=O)O. The summed E-state index contributed by atoms with van der Waals surface area (Å²) >= 11 is 1.14. The van der Waals surface area contributed by atoms with Crippen LogP contribution in [0.15, 0.2) is 53.4 Å². The third-order valence-electron chi connectivity index (χ3n) is 4.35. The van der Waals surface area contributed by atoms with Gasteiger partial charge in [0.15, 0.2) is 4.88 Å². The van der Waals surface area contributed by atoms with Gasteiger partial charge in [0.2, 0.25) is 0 Å². The molecule has 0 radical (unpaired) electrons. The number of benzene rings is 1. The van der Waals surface area contributed by atoms with Crippen LogP contribution in [0.2, 0.25) is 0 Å². The molecule has 0 aliphatic rings. The molecular weight excluding hydrogens is 390 g/mol. The second-order valence-electron chi connectivity index (χ2n) is 6.30. The molecule has 3 aromatic heterocycles. The molecule has 4 rings (SSSR count). The van der Waals surface area contributed by atoms with Gasteiger partial charge in [-0.1, -0.05) is 6.07 Å². The molecule has 0 bridgehead atoms. The van der Waals surface area contributed by atoms with E-state index in [9.17, 15) is 9.90 Å². The molecule has 29 heavy (non-hydrogen) atoms. The first-order chi connectivity index (χ1) is 14.1. The maximum atomic E-state index is 11.4. The van der Waals surface area contributed by atoms with E-state index in [0.29, 0.717) is 30.4 Å². The molecule has 1 aromatic carbocycles. The van der Waals surface area contributed by atoms with Gasteiger partial charge in [0.1, 0.15) is 23.5 Å². The summed E-state index contributed by atoms with van der Waals surface area (Å²) in [5.41, 5.74) is 2.73. The molecule has 0 saturated carbocycles. The van der Waals surface area contributed by atoms with Gasteiger partial charge in [-0.15, -0.1) is 11.3 Å². The third-order valence-corrected chi connectivity index (χ3v) is 5.48. The summed E-state index contributed by atoms with van der Waals surface area (Å²) in [5, 5.41) is 13.7. The molecular formula is C21H19N3O4S. The average molecular weight is 409 g/mol. The van der Waals surface area contributed by atoms with Crippen LogP contribution in [-0.2, 0) is 6.42 Å². The third kappa shape index (κ3) is 4.22. The van der Waals surface area contributed by atoms with Crippen molar-refractivity contribution in [3.05, 3.63) is 59.4 Å². The molecule has 0 aliphatic heterocycles. The van der Waals surface area contributed by atoms with Crippen LogP contribution in [-0.4, -0.2) is 34.2 Å². The minimum Gasteiger partial charge on any atom is -0.492 e. The molecule has 3 heterocycles. The van der Waals surface area contributed by atoms with Crippen LogP contribution in [0.25, 0.3) is 21.5 Å². The molecule has 8 heteroatoms. The van der Waals surface area contributed by atoms with Crippen molar-refractivity contribution in [2.75, 3.05) is 18.5 Å². The molecule has 0 atom stereocenters. The first-order valence-electron chi connectivity index (χ1n) is 9.16. The van der Waals surface area contributed by atoms with Crippen LogP contribution in [0.4, 0.5) is 5.82 Å². The maximum absolute atomic E-state index is 11.4. The minimum atomic E-state index is -1.01. The van der Waals surface area contributed by atoms with Crippen LogP contribution in [0, 0.1) is 0 Å². The monoisotopic (exact) mass is 409 g/mol. The number of aromatic carboxylic acids is 1. The lowest BCUT2D eigenvalue weighted by Crippen LogP contribution is -2.06. The fraction of sp³-hybridized carbons (Fsp3) is 0.190. The van der Waals surface area contributed by atoms with Crippen molar-refractivity contribution in [1.82, 2.24) is 9.97 Å². The summed E-state index contributed by atoms with van der Waals surface area (Å²) in [6.45, 7) is 2.92. The van der Waals surface area contributed by atoms with Gasteiger partial charge >= 0.3 is 5.97 Å². The zero-order valence-electron chi connectivity index (χ0n) is 15.7. The number of carboxylic acids is 1. The van der Waals surface area contributed by atoms with Crippen LogP contribution < -0.4 is 10.1 Å². The number of rotatable bonds is 8. The van der Waals surface area contributed by atoms with E-state index in [1.165, 1.54) is 11.9 Å². The second-order valence-corrected chi connectivity index (χ2v) is 7.35. The van der Waals surface area contributed by atoms with E-state index in [1.54, 1.807) is 12.3 Å². The van der Waals surface area contributed by atoms with Crippen molar-refractivity contribution in [3.63, 3.8) is 0 Å². The summed E-state index contributed by atoms with van der Waals surface area (Å²) in [6.07, 6.45) is 3.99. The Kier molecular flexibility index (Phi) is 5.44. The lowest BCUT2D eigenvalue weighted by atomic mass is 10.1. The molecule has 0 aliphatic carbocycles. The fourth-order valence-corrected chi connectivity index (χ4v) is 3.92. The van der Waals surface area contributed by atoms with Crippen molar-refractivity contribution in [2.45, 2.75) is 13.3 Å². The summed E-state index contributed by atoms with van der Waals surface area (Å²) in [5.74, 6) is 0.0390. The van der Waals surface area contributed by atoms with Crippen molar-refractivity contribution in [3.8, 4) is 16.3 Å². The average Bonchev–Trinajstić information content (AvgIpc) is 3.35. The van der Waals surface area contributed by atoms with Crippen molar-refractivity contribution >= 4 is 34.1 Å². The van der Waals surface area contributed by atoms with E-state index in [1.807, 2.05) is 31.2 Å². The standard InChI is InChI=1S/C21H19N3O4S/c1-2-27-17-11-18(29-20(17)21(25)26)15-10-19(24-12-23-15)22-7-5-13-3-4-16-14(9-13)6-8-28-16/h3-4,6,8-12H,2,5,7H2,1H3,(H,25,26)(H,22,23,24). The highest BCUT2D eigenvalue weighted by Gasteiger charge is 2.18. The van der Waals surface area contributed by atoms with Gasteiger partial charge in [0, 0.05) is 24.1 Å². The molecule has 0 spiro atoms. The molecule has 0 unspecified atom stereocenters. The Morgan fingerprint density at radius 3 is 2.97 bits per heavy atom. The first kappa shape index (κ1) is 18.9. The first-order valence-corrected chi connectivity index (χ1v) is 9.98. The Bertz CT molecular complexity index is 1150. The minimum absolute atomic E-state index is 0.171. The summed E-state index contributed by atoms with van der Waals surface area (Å²) < 4.78 is 10.8. The molecule has 2 N–H and O–H groups in total.